The second-order valence-corrected chi connectivity index (χ2v) is 11.5. The molecule has 4 aliphatic rings. The van der Waals surface area contributed by atoms with Gasteiger partial charge in [0.15, 0.2) is 0 Å². The van der Waals surface area contributed by atoms with Crippen LogP contribution < -0.4 is 15.0 Å². The molecule has 1 unspecified atom stereocenters. The molecule has 41 heavy (non-hydrogen) atoms. The molecule has 3 amide bonds. The highest BCUT2D eigenvalue weighted by Gasteiger charge is 2.61. The van der Waals surface area contributed by atoms with Gasteiger partial charge in [0.05, 0.1) is 18.8 Å². The summed E-state index contributed by atoms with van der Waals surface area (Å²) >= 11 is 0. The van der Waals surface area contributed by atoms with Gasteiger partial charge in [0.25, 0.3) is 5.91 Å². The van der Waals surface area contributed by atoms with E-state index in [1.54, 1.807) is 13.2 Å². The van der Waals surface area contributed by atoms with Gasteiger partial charge in [-0.3, -0.25) is 4.79 Å². The van der Waals surface area contributed by atoms with Crippen molar-refractivity contribution in [3.8, 4) is 5.75 Å². The van der Waals surface area contributed by atoms with Gasteiger partial charge in [-0.25, -0.2) is 14.8 Å². The number of hydrogen-bond acceptors (Lipinski definition) is 7. The number of amides is 3. The van der Waals surface area contributed by atoms with Crippen LogP contribution in [0.3, 0.4) is 0 Å². The van der Waals surface area contributed by atoms with E-state index < -0.39 is 11.6 Å². The molecule has 1 aliphatic carbocycles. The molecular formula is C31H34N6O4. The number of piperidine rings is 1. The number of nitrogens with one attached hydrogen (secondary N) is 1. The Morgan fingerprint density at radius 3 is 2.59 bits per heavy atom. The lowest BCUT2D eigenvalue weighted by atomic mass is 9.91. The van der Waals surface area contributed by atoms with Crippen LogP contribution in [0.4, 0.5) is 16.3 Å². The number of hydrogen-bond donors (Lipinski definition) is 2. The number of urea groups is 1. The fraction of sp³-hybridized carbons (Fsp3) is 0.419. The van der Waals surface area contributed by atoms with E-state index in [2.05, 4.69) is 26.3 Å². The highest BCUT2D eigenvalue weighted by Crippen LogP contribution is 2.49. The minimum Gasteiger partial charge on any atom is -0.497 e. The van der Waals surface area contributed by atoms with Crippen LogP contribution in [0.1, 0.15) is 46.4 Å². The lowest BCUT2D eigenvalue weighted by Crippen LogP contribution is -2.49. The minimum atomic E-state index is -0.548. The Bertz CT molecular complexity index is 1510. The lowest BCUT2D eigenvalue weighted by molar-refractivity contribution is 0.0509. The van der Waals surface area contributed by atoms with Crippen molar-refractivity contribution in [2.45, 2.75) is 56.3 Å². The summed E-state index contributed by atoms with van der Waals surface area (Å²) in [7, 11) is 1.65. The van der Waals surface area contributed by atoms with E-state index in [0.29, 0.717) is 37.4 Å². The van der Waals surface area contributed by atoms with E-state index in [1.807, 2.05) is 46.2 Å². The number of anilines is 2. The topological polar surface area (TPSA) is 111 Å². The van der Waals surface area contributed by atoms with Gasteiger partial charge in [-0.15, -0.1) is 0 Å². The first-order valence-electron chi connectivity index (χ1n) is 14.3. The van der Waals surface area contributed by atoms with Crippen molar-refractivity contribution in [3.63, 3.8) is 0 Å². The van der Waals surface area contributed by atoms with Crippen LogP contribution in [0.25, 0.3) is 0 Å². The molecule has 212 valence electrons. The number of aliphatic hydroxyl groups excluding tert-OH is 1. The smallest absolute Gasteiger partial charge is 0.322 e. The molecule has 1 spiro atoms. The predicted octanol–water partition coefficient (Wildman–Crippen LogP) is 3.25. The zero-order valence-electron chi connectivity index (χ0n) is 23.1. The SMILES string of the molecule is COc1ccc2c(c1)CCN(C1CCN(c3cc(C(=O)N4Cc5ccccc5CC45C[C@@H]5O)ncn3)CC1)C(=O)N2. The van der Waals surface area contributed by atoms with Gasteiger partial charge in [-0.2, -0.15) is 0 Å². The Balaban J connectivity index is 1.03. The molecule has 3 aliphatic heterocycles. The number of nitrogens with zero attached hydrogens (tertiary/aromatic N) is 5. The van der Waals surface area contributed by atoms with Gasteiger partial charge < -0.3 is 29.9 Å². The minimum absolute atomic E-state index is 0.0680. The van der Waals surface area contributed by atoms with Gasteiger partial charge in [-0.05, 0) is 60.6 Å². The van der Waals surface area contributed by atoms with Crippen molar-refractivity contribution >= 4 is 23.4 Å². The summed E-state index contributed by atoms with van der Waals surface area (Å²) in [4.78, 5) is 41.6. The van der Waals surface area contributed by atoms with Crippen molar-refractivity contribution < 1.29 is 19.4 Å². The van der Waals surface area contributed by atoms with Gasteiger partial charge in [0.2, 0.25) is 0 Å². The van der Waals surface area contributed by atoms with Crippen molar-refractivity contribution in [3.05, 3.63) is 77.2 Å². The van der Waals surface area contributed by atoms with Crippen LogP contribution in [0, 0.1) is 0 Å². The molecule has 2 aromatic carbocycles. The summed E-state index contributed by atoms with van der Waals surface area (Å²) in [5, 5.41) is 13.6. The Kier molecular flexibility index (Phi) is 6.30. The molecule has 1 saturated heterocycles. The molecule has 2 fully saturated rings. The Labute approximate surface area is 238 Å². The number of ether oxygens (including phenoxy) is 1. The van der Waals surface area contributed by atoms with Gasteiger partial charge in [-0.1, -0.05) is 24.3 Å². The molecule has 2 N–H and O–H groups in total. The highest BCUT2D eigenvalue weighted by molar-refractivity contribution is 5.94. The number of fused-ring (bicyclic) bond motifs is 2. The molecule has 1 aromatic heterocycles. The number of aromatic nitrogens is 2. The number of carbonyl (C=O) groups is 2. The summed E-state index contributed by atoms with van der Waals surface area (Å²) in [5.41, 5.74) is 4.02. The molecule has 0 bridgehead atoms. The summed E-state index contributed by atoms with van der Waals surface area (Å²) in [6.45, 7) is 2.56. The molecule has 4 heterocycles. The first-order chi connectivity index (χ1) is 19.9. The first-order valence-corrected chi connectivity index (χ1v) is 14.3. The predicted molar refractivity (Wildman–Crippen MR) is 153 cm³/mol. The van der Waals surface area contributed by atoms with Crippen molar-refractivity contribution in [1.29, 1.82) is 0 Å². The van der Waals surface area contributed by atoms with Crippen LogP contribution in [-0.4, -0.2) is 81.2 Å². The summed E-state index contributed by atoms with van der Waals surface area (Å²) < 4.78 is 5.36. The van der Waals surface area contributed by atoms with Crippen LogP contribution in [0.15, 0.2) is 54.9 Å². The third kappa shape index (κ3) is 4.56. The first kappa shape index (κ1) is 25.8. The zero-order valence-corrected chi connectivity index (χ0v) is 23.1. The number of carbonyl (C=O) groups excluding carboxylic acids is 2. The fourth-order valence-corrected chi connectivity index (χ4v) is 6.75. The molecule has 7 rings (SSSR count). The molecule has 1 saturated carbocycles. The quantitative estimate of drug-likeness (QED) is 0.509. The third-order valence-electron chi connectivity index (χ3n) is 9.27. The average Bonchev–Trinajstić information content (AvgIpc) is 3.68. The van der Waals surface area contributed by atoms with Crippen LogP contribution in [0.5, 0.6) is 5.75 Å². The van der Waals surface area contributed by atoms with Crippen molar-refractivity contribution in [2.24, 2.45) is 0 Å². The normalized spacial score (nSPS) is 23.9. The lowest BCUT2D eigenvalue weighted by Gasteiger charge is -2.39. The highest BCUT2D eigenvalue weighted by atomic mass is 16.5. The number of benzene rings is 2. The Morgan fingerprint density at radius 2 is 1.83 bits per heavy atom. The summed E-state index contributed by atoms with van der Waals surface area (Å²) in [6, 6.07) is 15.7. The Hall–Kier alpha value is -4.18. The van der Waals surface area contributed by atoms with Crippen LogP contribution >= 0.6 is 0 Å². The monoisotopic (exact) mass is 554 g/mol. The molecule has 10 nitrogen and oxygen atoms in total. The third-order valence-corrected chi connectivity index (χ3v) is 9.27. The molecular weight excluding hydrogens is 520 g/mol. The van der Waals surface area contributed by atoms with Crippen molar-refractivity contribution in [1.82, 2.24) is 19.8 Å². The van der Waals surface area contributed by atoms with E-state index in [4.69, 9.17) is 4.74 Å². The van der Waals surface area contributed by atoms with E-state index >= 15 is 0 Å². The zero-order chi connectivity index (χ0) is 28.1. The second kappa shape index (κ2) is 10.0. The maximum absolute atomic E-state index is 13.8. The largest absolute Gasteiger partial charge is 0.497 e. The van der Waals surface area contributed by atoms with Crippen LogP contribution in [-0.2, 0) is 19.4 Å². The summed E-state index contributed by atoms with van der Waals surface area (Å²) in [6.07, 6.45) is 4.55. The molecule has 10 heteroatoms. The van der Waals surface area contributed by atoms with E-state index in [9.17, 15) is 14.7 Å². The molecule has 2 atom stereocenters. The number of rotatable bonds is 4. The number of methoxy groups -OCH3 is 1. The maximum atomic E-state index is 13.8. The standard InChI is InChI=1S/C31H34N6O4/c1-41-24-6-7-25-20(14-24)8-13-36(30(40)34-25)23-9-11-35(12-10-23)28-15-26(32-19-33-28)29(39)37-18-22-5-3-2-4-21(22)16-31(37)17-27(31)38/h2-7,14-15,19,23,27,38H,8-13,16-18H2,1H3,(H,34,40)/t27-,31?/m0/s1. The van der Waals surface area contributed by atoms with E-state index in [0.717, 1.165) is 54.9 Å². The number of aliphatic hydroxyl groups is 1. The van der Waals surface area contributed by atoms with Crippen molar-refractivity contribution in [2.75, 3.05) is 37.0 Å². The fourth-order valence-electron chi connectivity index (χ4n) is 6.75. The van der Waals surface area contributed by atoms with Crippen LogP contribution in [0.2, 0.25) is 0 Å². The maximum Gasteiger partial charge on any atom is 0.322 e. The van der Waals surface area contributed by atoms with Gasteiger partial charge >= 0.3 is 6.03 Å². The van der Waals surface area contributed by atoms with Gasteiger partial charge in [0.1, 0.15) is 23.6 Å². The van der Waals surface area contributed by atoms with E-state index in [1.165, 1.54) is 11.9 Å². The molecule has 0 radical (unpaired) electrons. The second-order valence-electron chi connectivity index (χ2n) is 11.5. The Morgan fingerprint density at radius 1 is 1.05 bits per heavy atom. The van der Waals surface area contributed by atoms with E-state index in [-0.39, 0.29) is 18.0 Å². The molecule has 3 aromatic rings. The average molecular weight is 555 g/mol. The summed E-state index contributed by atoms with van der Waals surface area (Å²) in [5.74, 6) is 1.33. The van der Waals surface area contributed by atoms with Gasteiger partial charge in [0, 0.05) is 50.4 Å².